The van der Waals surface area contributed by atoms with Crippen LogP contribution in [0.3, 0.4) is 0 Å². The number of likely N-dealkylation sites (tertiary alicyclic amines) is 1. The Bertz CT molecular complexity index is 1350. The van der Waals surface area contributed by atoms with E-state index in [2.05, 4.69) is 40.1 Å². The van der Waals surface area contributed by atoms with Crippen LogP contribution < -0.4 is 10.0 Å². The van der Waals surface area contributed by atoms with E-state index >= 15 is 0 Å². The lowest BCUT2D eigenvalue weighted by Crippen LogP contribution is -2.52. The van der Waals surface area contributed by atoms with Gasteiger partial charge in [-0.25, -0.2) is 8.42 Å². The highest BCUT2D eigenvalue weighted by molar-refractivity contribution is 7.90. The lowest BCUT2D eigenvalue weighted by Gasteiger charge is -2.29. The minimum absolute atomic E-state index is 0.117. The largest absolute Gasteiger partial charge is 0.335 e. The average Bonchev–Trinajstić information content (AvgIpc) is 3.47. The number of benzene rings is 2. The molecule has 8 nitrogen and oxygen atoms in total. The Hall–Kier alpha value is -3.22. The fraction of sp³-hybridized carbons (Fsp3) is 0.483. The second-order valence-corrected chi connectivity index (χ2v) is 12.5. The van der Waals surface area contributed by atoms with Gasteiger partial charge in [0.05, 0.1) is 11.0 Å². The van der Waals surface area contributed by atoms with Gasteiger partial charge in [-0.15, -0.1) is 0 Å². The van der Waals surface area contributed by atoms with Gasteiger partial charge in [-0.1, -0.05) is 74.6 Å². The molecular formula is C29H35N5O3S. The number of rotatable bonds is 7. The summed E-state index contributed by atoms with van der Waals surface area (Å²) < 4.78 is 27.9. The Morgan fingerprint density at radius 3 is 2.61 bits per heavy atom. The molecule has 2 heterocycles. The van der Waals surface area contributed by atoms with Crippen LogP contribution in [0.5, 0.6) is 0 Å². The molecule has 1 saturated carbocycles. The van der Waals surface area contributed by atoms with Crippen molar-refractivity contribution in [3.63, 3.8) is 0 Å². The highest BCUT2D eigenvalue weighted by atomic mass is 32.2. The Morgan fingerprint density at radius 2 is 1.87 bits per heavy atom. The molecule has 2 aliphatic heterocycles. The summed E-state index contributed by atoms with van der Waals surface area (Å²) in [6.45, 7) is 3.23. The number of amides is 1. The van der Waals surface area contributed by atoms with Crippen LogP contribution in [0.4, 0.5) is 0 Å². The summed E-state index contributed by atoms with van der Waals surface area (Å²) in [6.07, 6.45) is 6.56. The molecule has 1 saturated heterocycles. The number of fused-ring (bicyclic) bond motifs is 1. The minimum atomic E-state index is -3.71. The molecule has 3 unspecified atom stereocenters. The molecule has 0 bridgehead atoms. The van der Waals surface area contributed by atoms with Crippen LogP contribution >= 0.6 is 0 Å². The highest BCUT2D eigenvalue weighted by Crippen LogP contribution is 2.32. The predicted molar refractivity (Wildman–Crippen MR) is 146 cm³/mol. The van der Waals surface area contributed by atoms with Crippen LogP contribution in [0, 0.1) is 17.2 Å². The number of hydrogen-bond acceptors (Lipinski definition) is 6. The molecule has 1 aliphatic carbocycles. The third-order valence-electron chi connectivity index (χ3n) is 8.24. The number of sulfonamides is 1. The van der Waals surface area contributed by atoms with E-state index in [1.165, 1.54) is 12.0 Å². The smallest absolute Gasteiger partial charge is 0.263 e. The molecule has 0 radical (unpaired) electrons. The third-order valence-corrected chi connectivity index (χ3v) is 9.63. The summed E-state index contributed by atoms with van der Waals surface area (Å²) in [5, 5.41) is 13.3. The molecule has 200 valence electrons. The quantitative estimate of drug-likeness (QED) is 0.560. The van der Waals surface area contributed by atoms with E-state index in [1.807, 2.05) is 18.2 Å². The lowest BCUT2D eigenvalue weighted by molar-refractivity contribution is -0.124. The topological polar surface area (TPSA) is 115 Å². The average molecular weight is 534 g/mol. The van der Waals surface area contributed by atoms with Crippen molar-refractivity contribution in [2.75, 3.05) is 13.1 Å². The zero-order chi connectivity index (χ0) is 26.8. The molecule has 2 aromatic rings. The summed E-state index contributed by atoms with van der Waals surface area (Å²) >= 11 is 0. The van der Waals surface area contributed by atoms with Crippen molar-refractivity contribution in [1.29, 1.82) is 5.26 Å². The van der Waals surface area contributed by atoms with Crippen LogP contribution in [0.2, 0.25) is 0 Å². The van der Waals surface area contributed by atoms with E-state index in [1.54, 1.807) is 24.3 Å². The zero-order valence-corrected chi connectivity index (χ0v) is 22.6. The van der Waals surface area contributed by atoms with E-state index in [0.29, 0.717) is 37.4 Å². The minimum Gasteiger partial charge on any atom is -0.335 e. The van der Waals surface area contributed by atoms with Gasteiger partial charge < -0.3 is 5.32 Å². The summed E-state index contributed by atoms with van der Waals surface area (Å²) in [5.41, 5.74) is 0.632. The molecule has 2 aromatic carbocycles. The fourth-order valence-electron chi connectivity index (χ4n) is 6.00. The van der Waals surface area contributed by atoms with Gasteiger partial charge in [0.1, 0.15) is 17.4 Å². The second kappa shape index (κ2) is 10.9. The first kappa shape index (κ1) is 26.4. The maximum atomic E-state index is 13.8. The van der Waals surface area contributed by atoms with E-state index < -0.39 is 21.6 Å². The van der Waals surface area contributed by atoms with Crippen LogP contribution in [0.1, 0.15) is 69.0 Å². The number of nitriles is 1. The van der Waals surface area contributed by atoms with E-state index in [9.17, 15) is 18.5 Å². The third kappa shape index (κ3) is 5.47. The molecule has 0 spiro atoms. The number of aliphatic imine (C=N–C) groups is 1. The molecule has 2 N–H and O–H groups in total. The molecule has 3 aliphatic rings. The summed E-state index contributed by atoms with van der Waals surface area (Å²) in [6, 6.07) is 18.6. The van der Waals surface area contributed by atoms with Gasteiger partial charge in [0.2, 0.25) is 5.91 Å². The first-order valence-electron chi connectivity index (χ1n) is 13.5. The van der Waals surface area contributed by atoms with Gasteiger partial charge >= 0.3 is 0 Å². The molecular weight excluding hydrogens is 498 g/mol. The van der Waals surface area contributed by atoms with Crippen molar-refractivity contribution in [2.45, 2.75) is 74.4 Å². The van der Waals surface area contributed by atoms with Crippen molar-refractivity contribution in [3.8, 4) is 6.07 Å². The van der Waals surface area contributed by atoms with Crippen molar-refractivity contribution < 1.29 is 13.2 Å². The van der Waals surface area contributed by atoms with Gasteiger partial charge in [0, 0.05) is 24.7 Å². The normalized spacial score (nSPS) is 25.7. The Morgan fingerprint density at radius 1 is 1.16 bits per heavy atom. The number of carbonyl (C=O) groups excluding carboxylic acids is 1. The monoisotopic (exact) mass is 533 g/mol. The predicted octanol–water partition coefficient (Wildman–Crippen LogP) is 3.91. The van der Waals surface area contributed by atoms with Crippen LogP contribution in [0.15, 0.2) is 64.5 Å². The zero-order valence-electron chi connectivity index (χ0n) is 21.8. The van der Waals surface area contributed by atoms with Crippen LogP contribution in [-0.4, -0.2) is 49.7 Å². The SMILES string of the molecule is CC(c1ccccc1)N1CCC(C#N)(NC(=O)C(CC2CCCCC2)N=C2NS(=O)(=O)c3ccccc32)C1. The summed E-state index contributed by atoms with van der Waals surface area (Å²) in [5.74, 6) is 0.226. The van der Waals surface area contributed by atoms with Crippen LogP contribution in [0.25, 0.3) is 0 Å². The molecule has 1 amide bonds. The van der Waals surface area contributed by atoms with Crippen molar-refractivity contribution in [1.82, 2.24) is 14.9 Å². The van der Waals surface area contributed by atoms with Crippen molar-refractivity contribution in [3.05, 3.63) is 65.7 Å². The highest BCUT2D eigenvalue weighted by Gasteiger charge is 2.43. The van der Waals surface area contributed by atoms with Crippen LogP contribution in [-0.2, 0) is 14.8 Å². The van der Waals surface area contributed by atoms with Gasteiger partial charge in [-0.05, 0) is 43.4 Å². The Labute approximate surface area is 225 Å². The van der Waals surface area contributed by atoms with Crippen molar-refractivity contribution >= 4 is 21.8 Å². The van der Waals surface area contributed by atoms with Gasteiger partial charge in [0.15, 0.2) is 0 Å². The van der Waals surface area contributed by atoms with E-state index in [4.69, 9.17) is 4.99 Å². The first-order chi connectivity index (χ1) is 18.3. The Kier molecular flexibility index (Phi) is 7.55. The van der Waals surface area contributed by atoms with Gasteiger partial charge in [-0.3, -0.25) is 19.4 Å². The lowest BCUT2D eigenvalue weighted by atomic mass is 9.84. The number of hydrogen-bond donors (Lipinski definition) is 2. The maximum absolute atomic E-state index is 13.8. The van der Waals surface area contributed by atoms with Gasteiger partial charge in [-0.2, -0.15) is 5.26 Å². The molecule has 3 atom stereocenters. The molecule has 9 heteroatoms. The first-order valence-corrected chi connectivity index (χ1v) is 15.0. The summed E-state index contributed by atoms with van der Waals surface area (Å²) in [4.78, 5) is 20.9. The molecule has 5 rings (SSSR count). The Balaban J connectivity index is 1.38. The van der Waals surface area contributed by atoms with E-state index in [-0.39, 0.29) is 22.7 Å². The standard InChI is InChI=1S/C29H35N5O3S/c1-21(23-12-6-3-7-13-23)34-17-16-29(19-30,20-34)32-28(35)25(18-22-10-4-2-5-11-22)31-27-24-14-8-9-15-26(24)38(36,37)33-27/h3,6-9,12-15,21-22,25H,2,4-5,10-11,16-18,20H2,1H3,(H,31,33)(H,32,35). The number of nitrogens with zero attached hydrogens (tertiary/aromatic N) is 3. The number of nitrogens with one attached hydrogen (secondary N) is 2. The van der Waals surface area contributed by atoms with E-state index in [0.717, 1.165) is 25.7 Å². The van der Waals surface area contributed by atoms with Gasteiger partial charge in [0.25, 0.3) is 10.0 Å². The molecule has 0 aromatic heterocycles. The molecule has 2 fully saturated rings. The van der Waals surface area contributed by atoms with Crippen molar-refractivity contribution in [2.24, 2.45) is 10.9 Å². The summed E-state index contributed by atoms with van der Waals surface area (Å²) in [7, 11) is -3.71. The number of amidine groups is 1. The second-order valence-electron chi connectivity index (χ2n) is 10.8. The maximum Gasteiger partial charge on any atom is 0.263 e. The molecule has 38 heavy (non-hydrogen) atoms. The number of carbonyl (C=O) groups is 1. The fourth-order valence-corrected chi connectivity index (χ4v) is 7.23.